The molecule has 0 N–H and O–H groups in total. The Morgan fingerprint density at radius 1 is 1.50 bits per heavy atom. The van der Waals surface area contributed by atoms with Crippen molar-refractivity contribution >= 4 is 11.6 Å². The largest absolute Gasteiger partial charge is 0.358 e. The van der Waals surface area contributed by atoms with Crippen LogP contribution in [-0.4, -0.2) is 20.3 Å². The Labute approximate surface area is 93.4 Å². The van der Waals surface area contributed by atoms with Crippen LogP contribution in [0.3, 0.4) is 0 Å². The first kappa shape index (κ1) is 12.4. The van der Waals surface area contributed by atoms with E-state index in [2.05, 4.69) is 4.98 Å². The maximum absolute atomic E-state index is 11.5. The molecule has 0 bridgehead atoms. The van der Waals surface area contributed by atoms with Gasteiger partial charge in [-0.1, -0.05) is 0 Å². The van der Waals surface area contributed by atoms with E-state index in [0.717, 1.165) is 0 Å². The Bertz CT molecular complexity index is 460. The number of aryl methyl sites for hydroxylation is 1. The van der Waals surface area contributed by atoms with Gasteiger partial charge in [-0.2, -0.15) is 0 Å². The first-order chi connectivity index (χ1) is 7.19. The second-order valence-electron chi connectivity index (χ2n) is 4.33. The summed E-state index contributed by atoms with van der Waals surface area (Å²) in [5, 5.41) is 11.0. The van der Waals surface area contributed by atoms with Crippen LogP contribution in [0.1, 0.15) is 32.3 Å². The number of nitro groups is 1. The molecule has 88 valence electrons. The molecule has 0 saturated carbocycles. The summed E-state index contributed by atoms with van der Waals surface area (Å²) in [7, 11) is 1.57. The van der Waals surface area contributed by atoms with E-state index in [9.17, 15) is 14.9 Å². The molecule has 1 rings (SSSR count). The normalized spacial score (nSPS) is 11.6. The third-order valence-corrected chi connectivity index (χ3v) is 2.93. The van der Waals surface area contributed by atoms with Gasteiger partial charge in [0.05, 0.1) is 12.5 Å². The van der Waals surface area contributed by atoms with Gasteiger partial charge in [0, 0.05) is 6.92 Å². The Morgan fingerprint density at radius 3 is 2.38 bits per heavy atom. The number of ketones is 1. The molecule has 0 aromatic carbocycles. The third-order valence-electron chi connectivity index (χ3n) is 2.93. The fourth-order valence-electron chi connectivity index (χ4n) is 1.39. The van der Waals surface area contributed by atoms with E-state index in [0.29, 0.717) is 5.82 Å². The number of carbonyl (C=O) groups excluding carboxylic acids is 1. The summed E-state index contributed by atoms with van der Waals surface area (Å²) in [4.78, 5) is 26.1. The molecular formula is C10H15N3O3. The molecule has 0 saturated heterocycles. The van der Waals surface area contributed by atoms with Crippen molar-refractivity contribution in [2.45, 2.75) is 33.1 Å². The van der Waals surface area contributed by atoms with Crippen LogP contribution < -0.4 is 0 Å². The quantitative estimate of drug-likeness (QED) is 0.577. The second kappa shape index (κ2) is 3.70. The third kappa shape index (κ3) is 1.70. The molecule has 6 nitrogen and oxygen atoms in total. The predicted molar refractivity (Wildman–Crippen MR) is 58.3 cm³/mol. The fourth-order valence-corrected chi connectivity index (χ4v) is 1.39. The molecule has 0 unspecified atom stereocenters. The van der Waals surface area contributed by atoms with Crippen molar-refractivity contribution in [3.05, 3.63) is 21.6 Å². The molecule has 0 spiro atoms. The standard InChI is InChI=1S/C10H15N3O3/c1-6(14)10(3,4)8-9(13(15)16)12(5)7(2)11-8/h1-5H3. The van der Waals surface area contributed by atoms with Crippen molar-refractivity contribution in [2.75, 3.05) is 0 Å². The minimum Gasteiger partial charge on any atom is -0.358 e. The van der Waals surface area contributed by atoms with E-state index in [1.807, 2.05) is 0 Å². The van der Waals surface area contributed by atoms with Crippen LogP contribution in [0, 0.1) is 17.0 Å². The maximum Gasteiger partial charge on any atom is 0.346 e. The molecule has 1 heterocycles. The Hall–Kier alpha value is -1.72. The highest BCUT2D eigenvalue weighted by Gasteiger charge is 2.38. The van der Waals surface area contributed by atoms with Crippen LogP contribution in [0.5, 0.6) is 0 Å². The van der Waals surface area contributed by atoms with Gasteiger partial charge in [-0.3, -0.25) is 4.79 Å². The van der Waals surface area contributed by atoms with Gasteiger partial charge >= 0.3 is 5.82 Å². The number of hydrogen-bond acceptors (Lipinski definition) is 4. The predicted octanol–water partition coefficient (Wildman–Crippen LogP) is 1.50. The summed E-state index contributed by atoms with van der Waals surface area (Å²) in [6.07, 6.45) is 0. The number of imidazole rings is 1. The smallest absolute Gasteiger partial charge is 0.346 e. The van der Waals surface area contributed by atoms with E-state index < -0.39 is 10.3 Å². The minimum absolute atomic E-state index is 0.113. The number of aromatic nitrogens is 2. The maximum atomic E-state index is 11.5. The van der Waals surface area contributed by atoms with Crippen LogP contribution in [-0.2, 0) is 17.3 Å². The van der Waals surface area contributed by atoms with E-state index >= 15 is 0 Å². The van der Waals surface area contributed by atoms with Gasteiger partial charge in [-0.15, -0.1) is 0 Å². The number of nitrogens with zero attached hydrogens (tertiary/aromatic N) is 3. The lowest BCUT2D eigenvalue weighted by atomic mass is 9.85. The molecule has 0 radical (unpaired) electrons. The molecule has 16 heavy (non-hydrogen) atoms. The van der Waals surface area contributed by atoms with Gasteiger partial charge in [-0.05, 0) is 25.7 Å². The fraction of sp³-hybridized carbons (Fsp3) is 0.600. The molecule has 0 amide bonds. The van der Waals surface area contributed by atoms with E-state index in [1.165, 1.54) is 11.5 Å². The molecule has 0 aliphatic rings. The number of carbonyl (C=O) groups is 1. The molecule has 0 atom stereocenters. The summed E-state index contributed by atoms with van der Waals surface area (Å²) in [6, 6.07) is 0. The van der Waals surface area contributed by atoms with Crippen LogP contribution in [0.25, 0.3) is 0 Å². The van der Waals surface area contributed by atoms with Gasteiger partial charge < -0.3 is 10.1 Å². The average Bonchev–Trinajstić information content (AvgIpc) is 2.43. The SMILES string of the molecule is CC(=O)C(C)(C)c1nc(C)n(C)c1[N+](=O)[O-]. The summed E-state index contributed by atoms with van der Waals surface area (Å²) < 4.78 is 1.39. The van der Waals surface area contributed by atoms with Crippen molar-refractivity contribution < 1.29 is 9.72 Å². The lowest BCUT2D eigenvalue weighted by Crippen LogP contribution is -2.28. The number of Topliss-reactive ketones (excluding diaryl/α,β-unsaturated/α-hetero) is 1. The summed E-state index contributed by atoms with van der Waals surface area (Å²) in [5.41, 5.74) is -0.709. The minimum atomic E-state index is -0.936. The zero-order valence-electron chi connectivity index (χ0n) is 10.1. The van der Waals surface area contributed by atoms with Gasteiger partial charge in [0.25, 0.3) is 0 Å². The van der Waals surface area contributed by atoms with Crippen molar-refractivity contribution in [1.29, 1.82) is 0 Å². The summed E-state index contributed by atoms with van der Waals surface area (Å²) in [5.74, 6) is 0.266. The first-order valence-electron chi connectivity index (χ1n) is 4.88. The summed E-state index contributed by atoms with van der Waals surface area (Å²) >= 11 is 0. The molecule has 0 fully saturated rings. The van der Waals surface area contributed by atoms with E-state index in [4.69, 9.17) is 0 Å². The average molecular weight is 225 g/mol. The van der Waals surface area contributed by atoms with Crippen LogP contribution in [0.2, 0.25) is 0 Å². The lowest BCUT2D eigenvalue weighted by Gasteiger charge is -2.17. The number of hydrogen-bond donors (Lipinski definition) is 0. The summed E-state index contributed by atoms with van der Waals surface area (Å²) in [6.45, 7) is 6.37. The van der Waals surface area contributed by atoms with Crippen molar-refractivity contribution in [3.63, 3.8) is 0 Å². The molecule has 6 heteroatoms. The van der Waals surface area contributed by atoms with Gasteiger partial charge in [0.15, 0.2) is 11.5 Å². The lowest BCUT2D eigenvalue weighted by molar-refractivity contribution is -0.392. The Morgan fingerprint density at radius 2 is 2.00 bits per heavy atom. The van der Waals surface area contributed by atoms with Crippen LogP contribution >= 0.6 is 0 Å². The van der Waals surface area contributed by atoms with Crippen LogP contribution in [0.4, 0.5) is 5.82 Å². The topological polar surface area (TPSA) is 78.0 Å². The number of rotatable bonds is 3. The van der Waals surface area contributed by atoms with Gasteiger partial charge in [-0.25, -0.2) is 9.55 Å². The zero-order chi connectivity index (χ0) is 12.7. The van der Waals surface area contributed by atoms with Crippen LogP contribution in [0.15, 0.2) is 0 Å². The molecular weight excluding hydrogens is 210 g/mol. The highest BCUT2D eigenvalue weighted by molar-refractivity contribution is 5.87. The van der Waals surface area contributed by atoms with Gasteiger partial charge in [0.2, 0.25) is 0 Å². The molecule has 1 aromatic heterocycles. The highest BCUT2D eigenvalue weighted by atomic mass is 16.6. The molecule has 0 aliphatic heterocycles. The zero-order valence-corrected chi connectivity index (χ0v) is 10.1. The highest BCUT2D eigenvalue weighted by Crippen LogP contribution is 2.31. The Balaban J connectivity index is 3.51. The van der Waals surface area contributed by atoms with Gasteiger partial charge in [0.1, 0.15) is 5.78 Å². The van der Waals surface area contributed by atoms with Crippen molar-refractivity contribution in [2.24, 2.45) is 7.05 Å². The second-order valence-corrected chi connectivity index (χ2v) is 4.33. The van der Waals surface area contributed by atoms with Crippen molar-refractivity contribution in [3.8, 4) is 0 Å². The van der Waals surface area contributed by atoms with E-state index in [1.54, 1.807) is 27.8 Å². The van der Waals surface area contributed by atoms with E-state index in [-0.39, 0.29) is 17.3 Å². The monoisotopic (exact) mass is 225 g/mol. The molecule has 1 aromatic rings. The van der Waals surface area contributed by atoms with Crippen molar-refractivity contribution in [1.82, 2.24) is 9.55 Å². The first-order valence-corrected chi connectivity index (χ1v) is 4.88. The molecule has 0 aliphatic carbocycles. The Kier molecular flexibility index (Phi) is 2.85.